The van der Waals surface area contributed by atoms with E-state index in [0.29, 0.717) is 28.9 Å². The molecule has 2 aromatic heterocycles. The Morgan fingerprint density at radius 1 is 1.38 bits per heavy atom. The second-order valence-corrected chi connectivity index (χ2v) is 4.46. The van der Waals surface area contributed by atoms with Crippen LogP contribution in [-0.2, 0) is 4.79 Å². The maximum absolute atomic E-state index is 10.6. The number of fused-ring (bicyclic) bond motifs is 1. The van der Waals surface area contributed by atoms with Crippen LogP contribution in [-0.4, -0.2) is 50.8 Å². The molecule has 0 atom stereocenters. The number of aromatic amines is 1. The predicted octanol–water partition coefficient (Wildman–Crippen LogP) is 1.79. The number of methoxy groups -OCH3 is 1. The first-order valence-corrected chi connectivity index (χ1v) is 6.80. The number of nitrogens with one attached hydrogen (secondary N) is 2. The van der Waals surface area contributed by atoms with Crippen molar-refractivity contribution in [2.45, 2.75) is 25.9 Å². The first-order valence-electron chi connectivity index (χ1n) is 6.80. The second-order valence-electron chi connectivity index (χ2n) is 4.46. The zero-order chi connectivity index (χ0) is 18.3. The molecular weight excluding hydrogens is 333 g/mol. The van der Waals surface area contributed by atoms with Crippen LogP contribution in [0.1, 0.15) is 19.8 Å². The Labute approximate surface area is 134 Å². The average Bonchev–Trinajstić information content (AvgIpc) is 2.91. The topological polar surface area (TPSA) is 139 Å². The van der Waals surface area contributed by atoms with Crippen molar-refractivity contribution in [3.8, 4) is 6.01 Å². The van der Waals surface area contributed by atoms with Gasteiger partial charge in [-0.25, -0.2) is 4.79 Å². The van der Waals surface area contributed by atoms with Crippen molar-refractivity contribution in [2.75, 3.05) is 24.7 Å². The Morgan fingerprint density at radius 2 is 2.00 bits per heavy atom. The summed E-state index contributed by atoms with van der Waals surface area (Å²) in [5, 5.41) is 10.2. The number of unbranched alkanes of at least 4 members (excludes halogenated alkanes) is 1. The molecule has 2 rings (SSSR count). The van der Waals surface area contributed by atoms with E-state index in [2.05, 4.69) is 32.2 Å². The molecule has 0 unspecified atom stereocenters. The van der Waals surface area contributed by atoms with Gasteiger partial charge in [-0.3, -0.25) is 0 Å². The summed E-state index contributed by atoms with van der Waals surface area (Å²) in [5.74, 6) is -1.89. The van der Waals surface area contributed by atoms with Crippen LogP contribution in [0.3, 0.4) is 0 Å². The van der Waals surface area contributed by atoms with E-state index in [1.54, 1.807) is 0 Å². The van der Waals surface area contributed by atoms with E-state index < -0.39 is 12.1 Å². The third-order valence-electron chi connectivity index (χ3n) is 2.61. The van der Waals surface area contributed by atoms with E-state index >= 15 is 0 Å². The van der Waals surface area contributed by atoms with Crippen molar-refractivity contribution in [1.29, 1.82) is 0 Å². The van der Waals surface area contributed by atoms with Gasteiger partial charge < -0.3 is 25.9 Å². The lowest BCUT2D eigenvalue weighted by atomic mass is 10.3. The fourth-order valence-electron chi connectivity index (χ4n) is 1.45. The summed E-state index contributed by atoms with van der Waals surface area (Å²) < 4.78 is 36.7. The van der Waals surface area contributed by atoms with Gasteiger partial charge in [-0.2, -0.15) is 28.1 Å². The lowest BCUT2D eigenvalue weighted by molar-refractivity contribution is -0.192. The quantitative estimate of drug-likeness (QED) is 0.599. The molecule has 0 aromatic carbocycles. The monoisotopic (exact) mass is 350 g/mol. The fraction of sp³-hybridized carbons (Fsp3) is 0.500. The molecule has 134 valence electrons. The van der Waals surface area contributed by atoms with Gasteiger partial charge in [0.05, 0.1) is 7.11 Å². The molecule has 0 aliphatic carbocycles. The van der Waals surface area contributed by atoms with Gasteiger partial charge in [0.25, 0.3) is 6.01 Å². The maximum atomic E-state index is 10.6. The summed E-state index contributed by atoms with van der Waals surface area (Å²) in [6.07, 6.45) is -2.91. The first kappa shape index (κ1) is 19.3. The molecule has 0 amide bonds. The molecule has 0 saturated carbocycles. The molecule has 12 heteroatoms. The summed E-state index contributed by atoms with van der Waals surface area (Å²) in [6.45, 7) is 2.95. The standard InChI is InChI=1S/C10H16N6O.C2HF3O2/c1-3-4-5-12-9-14-7(11)6-8(15-9)16-10(13-6)17-2;3-2(4,5)1(6)7/h3-5H2,1-2H3,(H4,11,12,13,14,15,16);(H,6,7). The summed E-state index contributed by atoms with van der Waals surface area (Å²) in [6, 6.07) is 0.381. The van der Waals surface area contributed by atoms with E-state index in [0.717, 1.165) is 19.4 Å². The maximum Gasteiger partial charge on any atom is 0.490 e. The first-order chi connectivity index (χ1) is 11.2. The van der Waals surface area contributed by atoms with Crippen LogP contribution in [0.15, 0.2) is 0 Å². The number of nitrogens with two attached hydrogens (primary N) is 1. The van der Waals surface area contributed by atoms with Crippen LogP contribution in [0.4, 0.5) is 24.9 Å². The van der Waals surface area contributed by atoms with Crippen LogP contribution >= 0.6 is 0 Å². The predicted molar refractivity (Wildman–Crippen MR) is 79.7 cm³/mol. The molecule has 0 saturated heterocycles. The Kier molecular flexibility index (Phi) is 6.56. The minimum atomic E-state index is -5.08. The zero-order valence-corrected chi connectivity index (χ0v) is 12.9. The van der Waals surface area contributed by atoms with Gasteiger partial charge in [-0.1, -0.05) is 13.3 Å². The van der Waals surface area contributed by atoms with Crippen LogP contribution in [0, 0.1) is 0 Å². The normalized spacial score (nSPS) is 10.9. The molecule has 0 aliphatic heterocycles. The zero-order valence-electron chi connectivity index (χ0n) is 12.9. The fourth-order valence-corrected chi connectivity index (χ4v) is 1.45. The number of carboxylic acids is 1. The number of carboxylic acid groups (broad SMARTS) is 1. The number of aromatic nitrogens is 4. The molecule has 0 bridgehead atoms. The van der Waals surface area contributed by atoms with Crippen LogP contribution < -0.4 is 15.8 Å². The number of nitrogen functional groups attached to an aromatic ring is 1. The Hall–Kier alpha value is -2.79. The largest absolute Gasteiger partial charge is 0.490 e. The van der Waals surface area contributed by atoms with Gasteiger partial charge >= 0.3 is 12.1 Å². The number of hydrogen-bond donors (Lipinski definition) is 4. The highest BCUT2D eigenvalue weighted by atomic mass is 19.4. The molecule has 0 aliphatic rings. The van der Waals surface area contributed by atoms with Crippen LogP contribution in [0.2, 0.25) is 0 Å². The number of hydrogen-bond acceptors (Lipinski definition) is 7. The van der Waals surface area contributed by atoms with Crippen LogP contribution in [0.25, 0.3) is 11.2 Å². The molecule has 24 heavy (non-hydrogen) atoms. The van der Waals surface area contributed by atoms with Crippen LogP contribution in [0.5, 0.6) is 6.01 Å². The molecule has 0 radical (unpaired) electrons. The number of carbonyl (C=O) groups is 1. The Bertz CT molecular complexity index is 688. The van der Waals surface area contributed by atoms with E-state index in [9.17, 15) is 13.2 Å². The van der Waals surface area contributed by atoms with Gasteiger partial charge in [-0.05, 0) is 6.42 Å². The summed E-state index contributed by atoms with van der Waals surface area (Å²) in [4.78, 5) is 24.3. The lowest BCUT2D eigenvalue weighted by Gasteiger charge is -2.03. The molecule has 9 nitrogen and oxygen atoms in total. The third-order valence-corrected chi connectivity index (χ3v) is 2.61. The summed E-state index contributed by atoms with van der Waals surface area (Å²) in [5.41, 5.74) is 6.92. The van der Waals surface area contributed by atoms with Crippen molar-refractivity contribution in [3.05, 3.63) is 0 Å². The number of nitrogens with zero attached hydrogens (tertiary/aromatic N) is 3. The number of rotatable bonds is 5. The number of aliphatic carboxylic acids is 1. The van der Waals surface area contributed by atoms with Crippen molar-refractivity contribution in [1.82, 2.24) is 19.9 Å². The highest BCUT2D eigenvalue weighted by Crippen LogP contribution is 2.19. The summed E-state index contributed by atoms with van der Waals surface area (Å²) >= 11 is 0. The highest BCUT2D eigenvalue weighted by Gasteiger charge is 2.38. The number of halogens is 3. The second kappa shape index (κ2) is 8.17. The molecule has 2 aromatic rings. The van der Waals surface area contributed by atoms with E-state index in [-0.39, 0.29) is 0 Å². The van der Waals surface area contributed by atoms with Crippen molar-refractivity contribution >= 4 is 28.9 Å². The number of H-pyrrole nitrogens is 1. The molecule has 0 fully saturated rings. The van der Waals surface area contributed by atoms with Gasteiger partial charge in [0, 0.05) is 6.54 Å². The Morgan fingerprint density at radius 3 is 2.50 bits per heavy atom. The number of alkyl halides is 3. The van der Waals surface area contributed by atoms with E-state index in [1.807, 2.05) is 0 Å². The minimum absolute atomic E-state index is 0.366. The molecule has 2 heterocycles. The lowest BCUT2D eigenvalue weighted by Crippen LogP contribution is -2.21. The average molecular weight is 350 g/mol. The van der Waals surface area contributed by atoms with E-state index in [1.165, 1.54) is 7.11 Å². The smallest absolute Gasteiger partial charge is 0.475 e. The van der Waals surface area contributed by atoms with Crippen molar-refractivity contribution in [3.63, 3.8) is 0 Å². The Balaban J connectivity index is 0.000000351. The molecular formula is C12H17F3N6O3. The van der Waals surface area contributed by atoms with Crippen molar-refractivity contribution < 1.29 is 27.8 Å². The van der Waals surface area contributed by atoms with E-state index in [4.69, 9.17) is 20.4 Å². The summed E-state index contributed by atoms with van der Waals surface area (Å²) in [7, 11) is 1.53. The van der Waals surface area contributed by atoms with Gasteiger partial charge in [0.15, 0.2) is 11.5 Å². The van der Waals surface area contributed by atoms with Gasteiger partial charge in [0.2, 0.25) is 5.95 Å². The SMILES string of the molecule is CCCCNc1nc(N)c2[nH]c(OC)nc2n1.O=C(O)C(F)(F)F. The number of imidazole rings is 1. The van der Waals surface area contributed by atoms with Gasteiger partial charge in [-0.15, -0.1) is 0 Å². The molecule has 0 spiro atoms. The number of ether oxygens (including phenoxy) is 1. The number of anilines is 2. The molecule has 5 N–H and O–H groups in total. The minimum Gasteiger partial charge on any atom is -0.475 e. The van der Waals surface area contributed by atoms with Crippen molar-refractivity contribution in [2.24, 2.45) is 0 Å². The van der Waals surface area contributed by atoms with Gasteiger partial charge in [0.1, 0.15) is 5.52 Å². The third kappa shape index (κ3) is 5.44. The highest BCUT2D eigenvalue weighted by molar-refractivity contribution is 5.83.